The van der Waals surface area contributed by atoms with Crippen LogP contribution in [0.1, 0.15) is 31.9 Å². The summed E-state index contributed by atoms with van der Waals surface area (Å²) in [7, 11) is 2.23. The van der Waals surface area contributed by atoms with Gasteiger partial charge in [0, 0.05) is 56.6 Å². The molecule has 1 aromatic heterocycles. The van der Waals surface area contributed by atoms with Crippen molar-refractivity contribution in [2.24, 2.45) is 0 Å². The lowest BCUT2D eigenvalue weighted by Crippen LogP contribution is -2.60. The minimum absolute atomic E-state index is 0.147. The largest absolute Gasteiger partial charge is 0.343 e. The quantitative estimate of drug-likeness (QED) is 0.848. The van der Waals surface area contributed by atoms with Crippen LogP contribution in [-0.2, 0) is 11.3 Å². The van der Waals surface area contributed by atoms with Crippen LogP contribution in [0.3, 0.4) is 0 Å². The van der Waals surface area contributed by atoms with Crippen LogP contribution in [-0.4, -0.2) is 70.9 Å². The summed E-state index contributed by atoms with van der Waals surface area (Å²) in [6.07, 6.45) is 2.74. The third-order valence-corrected chi connectivity index (χ3v) is 5.97. The van der Waals surface area contributed by atoms with E-state index in [2.05, 4.69) is 34.1 Å². The molecule has 5 nitrogen and oxygen atoms in total. The number of rotatable bonds is 3. The second-order valence-corrected chi connectivity index (χ2v) is 7.28. The summed E-state index contributed by atoms with van der Waals surface area (Å²) in [5, 5.41) is 2.14. The summed E-state index contributed by atoms with van der Waals surface area (Å²) in [5.74, 6) is 0.324. The van der Waals surface area contributed by atoms with Gasteiger partial charge < -0.3 is 4.90 Å². The number of hydrogen-bond donors (Lipinski definition) is 0. The standard InChI is InChI=1S/C16H26N4OS/c1-3-20-7-6-16(5-4-15(20)21)12-19(9-8-18(16)2)10-14-11-22-13-17-14/h11,13H,3-10,12H2,1-2H3. The Morgan fingerprint density at radius 1 is 1.32 bits per heavy atom. The van der Waals surface area contributed by atoms with E-state index in [9.17, 15) is 4.79 Å². The number of thiazole rings is 1. The zero-order valence-electron chi connectivity index (χ0n) is 13.6. The monoisotopic (exact) mass is 322 g/mol. The molecule has 0 aliphatic carbocycles. The number of nitrogens with zero attached hydrogens (tertiary/aromatic N) is 4. The maximum atomic E-state index is 12.2. The zero-order valence-corrected chi connectivity index (χ0v) is 14.4. The van der Waals surface area contributed by atoms with Crippen molar-refractivity contribution in [2.75, 3.05) is 39.8 Å². The molecule has 1 spiro atoms. The third-order valence-electron chi connectivity index (χ3n) is 5.33. The van der Waals surface area contributed by atoms with Gasteiger partial charge in [-0.05, 0) is 26.8 Å². The van der Waals surface area contributed by atoms with Crippen molar-refractivity contribution in [3.05, 3.63) is 16.6 Å². The lowest BCUT2D eigenvalue weighted by molar-refractivity contribution is -0.130. The molecule has 3 rings (SSSR count). The molecule has 6 heteroatoms. The summed E-state index contributed by atoms with van der Waals surface area (Å²) in [4.78, 5) is 23.6. The molecular formula is C16H26N4OS. The van der Waals surface area contributed by atoms with Crippen molar-refractivity contribution < 1.29 is 4.79 Å². The molecule has 0 saturated carbocycles. The van der Waals surface area contributed by atoms with E-state index in [-0.39, 0.29) is 5.54 Å². The summed E-state index contributed by atoms with van der Waals surface area (Å²) in [6.45, 7) is 7.95. The number of likely N-dealkylation sites (tertiary alicyclic amines) is 1. The number of piperazine rings is 1. The van der Waals surface area contributed by atoms with Gasteiger partial charge in [0.05, 0.1) is 11.2 Å². The Morgan fingerprint density at radius 2 is 2.18 bits per heavy atom. The molecule has 22 heavy (non-hydrogen) atoms. The Kier molecular flexibility index (Phi) is 4.80. The van der Waals surface area contributed by atoms with Crippen LogP contribution in [0, 0.1) is 0 Å². The summed E-state index contributed by atoms with van der Waals surface area (Å²) in [5.41, 5.74) is 3.22. The highest BCUT2D eigenvalue weighted by Crippen LogP contribution is 2.32. The van der Waals surface area contributed by atoms with Gasteiger partial charge in [-0.15, -0.1) is 11.3 Å². The van der Waals surface area contributed by atoms with E-state index < -0.39 is 0 Å². The maximum absolute atomic E-state index is 12.2. The Balaban J connectivity index is 1.71. The van der Waals surface area contributed by atoms with Crippen molar-refractivity contribution in [1.29, 1.82) is 0 Å². The highest BCUT2D eigenvalue weighted by Gasteiger charge is 2.41. The van der Waals surface area contributed by atoms with Crippen molar-refractivity contribution in [3.8, 4) is 0 Å². The fourth-order valence-electron chi connectivity index (χ4n) is 3.79. The lowest BCUT2D eigenvalue weighted by Gasteiger charge is -2.49. The minimum Gasteiger partial charge on any atom is -0.343 e. The van der Waals surface area contributed by atoms with Gasteiger partial charge in [0.15, 0.2) is 0 Å². The molecule has 1 amide bonds. The fraction of sp³-hybridized carbons (Fsp3) is 0.750. The summed E-state index contributed by atoms with van der Waals surface area (Å²) < 4.78 is 0. The molecule has 0 bridgehead atoms. The predicted molar refractivity (Wildman–Crippen MR) is 88.9 cm³/mol. The average molecular weight is 322 g/mol. The summed E-state index contributed by atoms with van der Waals surface area (Å²) >= 11 is 1.66. The molecule has 1 atom stereocenters. The van der Waals surface area contributed by atoms with Crippen molar-refractivity contribution in [1.82, 2.24) is 19.7 Å². The number of likely N-dealkylation sites (N-methyl/N-ethyl adjacent to an activating group) is 1. The van der Waals surface area contributed by atoms with Gasteiger partial charge in [0.2, 0.25) is 5.91 Å². The fourth-order valence-corrected chi connectivity index (χ4v) is 4.34. The van der Waals surface area contributed by atoms with Crippen LogP contribution in [0.5, 0.6) is 0 Å². The molecule has 2 saturated heterocycles. The Labute approximate surface area is 136 Å². The molecule has 3 heterocycles. The average Bonchev–Trinajstić information content (AvgIpc) is 2.96. The SMILES string of the molecule is CCN1CCC2(CCC1=O)CN(Cc1cscn1)CCN2C. The number of amides is 1. The van der Waals surface area contributed by atoms with Crippen LogP contribution in [0.15, 0.2) is 10.9 Å². The van der Waals surface area contributed by atoms with Gasteiger partial charge in [-0.2, -0.15) is 0 Å². The first kappa shape index (κ1) is 15.9. The van der Waals surface area contributed by atoms with E-state index in [1.54, 1.807) is 11.3 Å². The van der Waals surface area contributed by atoms with Crippen LogP contribution in [0.4, 0.5) is 0 Å². The maximum Gasteiger partial charge on any atom is 0.222 e. The van der Waals surface area contributed by atoms with Crippen LogP contribution in [0.2, 0.25) is 0 Å². The molecule has 0 N–H and O–H groups in total. The number of carbonyl (C=O) groups is 1. The number of carbonyl (C=O) groups excluding carboxylic acids is 1. The van der Waals surface area contributed by atoms with Gasteiger partial charge in [0.25, 0.3) is 0 Å². The molecule has 2 aliphatic rings. The molecule has 1 unspecified atom stereocenters. The molecular weight excluding hydrogens is 296 g/mol. The summed E-state index contributed by atoms with van der Waals surface area (Å²) in [6, 6.07) is 0. The van der Waals surface area contributed by atoms with Gasteiger partial charge in [-0.25, -0.2) is 4.98 Å². The van der Waals surface area contributed by atoms with Gasteiger partial charge >= 0.3 is 0 Å². The molecule has 122 valence electrons. The van der Waals surface area contributed by atoms with E-state index in [1.807, 2.05) is 10.4 Å². The zero-order chi connectivity index (χ0) is 15.6. The highest BCUT2D eigenvalue weighted by atomic mass is 32.1. The van der Waals surface area contributed by atoms with E-state index >= 15 is 0 Å². The lowest BCUT2D eigenvalue weighted by atomic mass is 9.86. The molecule has 2 aliphatic heterocycles. The molecule has 0 aromatic carbocycles. The van der Waals surface area contributed by atoms with E-state index in [0.717, 1.165) is 52.1 Å². The normalized spacial score (nSPS) is 28.3. The second-order valence-electron chi connectivity index (χ2n) is 6.56. The van der Waals surface area contributed by atoms with Crippen molar-refractivity contribution in [2.45, 2.75) is 38.3 Å². The highest BCUT2D eigenvalue weighted by molar-refractivity contribution is 7.07. The molecule has 0 radical (unpaired) electrons. The third kappa shape index (κ3) is 3.19. The molecule has 1 aromatic rings. The Bertz CT molecular complexity index is 506. The van der Waals surface area contributed by atoms with Gasteiger partial charge in [-0.1, -0.05) is 0 Å². The van der Waals surface area contributed by atoms with E-state index in [4.69, 9.17) is 0 Å². The smallest absolute Gasteiger partial charge is 0.222 e. The Morgan fingerprint density at radius 3 is 2.91 bits per heavy atom. The predicted octanol–water partition coefficient (Wildman–Crippen LogP) is 1.66. The minimum atomic E-state index is 0.147. The van der Waals surface area contributed by atoms with Crippen molar-refractivity contribution in [3.63, 3.8) is 0 Å². The second kappa shape index (κ2) is 6.64. The van der Waals surface area contributed by atoms with Crippen LogP contribution in [0.25, 0.3) is 0 Å². The molecule has 2 fully saturated rings. The number of hydrogen-bond acceptors (Lipinski definition) is 5. The van der Waals surface area contributed by atoms with E-state index in [0.29, 0.717) is 12.3 Å². The number of aromatic nitrogens is 1. The van der Waals surface area contributed by atoms with Crippen molar-refractivity contribution >= 4 is 17.2 Å². The first-order valence-corrected chi connectivity index (χ1v) is 9.16. The van der Waals surface area contributed by atoms with Gasteiger partial charge in [-0.3, -0.25) is 14.6 Å². The first-order valence-electron chi connectivity index (χ1n) is 8.21. The Hall–Kier alpha value is -0.980. The van der Waals surface area contributed by atoms with Crippen LogP contribution >= 0.6 is 11.3 Å². The van der Waals surface area contributed by atoms with Crippen LogP contribution < -0.4 is 0 Å². The first-order chi connectivity index (χ1) is 10.6. The van der Waals surface area contributed by atoms with Gasteiger partial charge in [0.1, 0.15) is 0 Å². The van der Waals surface area contributed by atoms with E-state index in [1.165, 1.54) is 5.69 Å². The topological polar surface area (TPSA) is 39.7 Å².